The van der Waals surface area contributed by atoms with Gasteiger partial charge in [-0.25, -0.2) is 0 Å². The van der Waals surface area contributed by atoms with Crippen molar-refractivity contribution in [3.63, 3.8) is 0 Å². The molecule has 0 N–H and O–H groups in total. The van der Waals surface area contributed by atoms with E-state index in [1.54, 1.807) is 20.2 Å². The van der Waals surface area contributed by atoms with Crippen LogP contribution >= 0.6 is 0 Å². The van der Waals surface area contributed by atoms with Crippen molar-refractivity contribution in [2.24, 2.45) is 0 Å². The average Bonchev–Trinajstić information content (AvgIpc) is 2.82. The van der Waals surface area contributed by atoms with Crippen LogP contribution in [-0.4, -0.2) is 24.9 Å². The summed E-state index contributed by atoms with van der Waals surface area (Å²) in [4.78, 5) is 19.1. The Labute approximate surface area is 188 Å². The molecule has 32 heavy (non-hydrogen) atoms. The number of aromatic nitrogens is 1. The number of rotatable bonds is 5. The molecule has 0 bridgehead atoms. The van der Waals surface area contributed by atoms with Crippen LogP contribution < -0.4 is 9.64 Å². The highest BCUT2D eigenvalue weighted by molar-refractivity contribution is 6.07. The van der Waals surface area contributed by atoms with Crippen LogP contribution in [0, 0.1) is 11.8 Å². The maximum Gasteiger partial charge on any atom is 0.163 e. The largest absolute Gasteiger partial charge is 0.497 e. The van der Waals surface area contributed by atoms with E-state index in [1.165, 1.54) is 0 Å². The molecule has 0 spiro atoms. The van der Waals surface area contributed by atoms with Crippen molar-refractivity contribution >= 4 is 22.4 Å². The fourth-order valence-electron chi connectivity index (χ4n) is 3.67. The van der Waals surface area contributed by atoms with Crippen LogP contribution in [0.25, 0.3) is 10.9 Å². The molecular weight excluding hydrogens is 396 g/mol. The van der Waals surface area contributed by atoms with Crippen LogP contribution in [0.2, 0.25) is 0 Å². The molecule has 4 rings (SSSR count). The van der Waals surface area contributed by atoms with Crippen LogP contribution in [0.3, 0.4) is 0 Å². The van der Waals surface area contributed by atoms with Crippen molar-refractivity contribution in [2.45, 2.75) is 13.5 Å². The Balaban J connectivity index is 1.76. The lowest BCUT2D eigenvalue weighted by atomic mass is 10.0. The third-order valence-electron chi connectivity index (χ3n) is 5.30. The number of nitrogens with zero attached hydrogens (tertiary/aromatic N) is 2. The summed E-state index contributed by atoms with van der Waals surface area (Å²) in [6.07, 6.45) is 1.67. The number of ketones is 1. The van der Waals surface area contributed by atoms with Gasteiger partial charge in [0.2, 0.25) is 0 Å². The number of hydrogen-bond acceptors (Lipinski definition) is 4. The van der Waals surface area contributed by atoms with Gasteiger partial charge in [0.25, 0.3) is 0 Å². The summed E-state index contributed by atoms with van der Waals surface area (Å²) < 4.78 is 5.26. The molecule has 0 saturated heterocycles. The van der Waals surface area contributed by atoms with Gasteiger partial charge in [-0.1, -0.05) is 42.2 Å². The minimum Gasteiger partial charge on any atom is -0.497 e. The van der Waals surface area contributed by atoms with Gasteiger partial charge in [0, 0.05) is 36.3 Å². The molecule has 158 valence electrons. The molecule has 0 aliphatic carbocycles. The fourth-order valence-corrected chi connectivity index (χ4v) is 3.67. The van der Waals surface area contributed by atoms with E-state index < -0.39 is 0 Å². The van der Waals surface area contributed by atoms with Crippen LogP contribution in [-0.2, 0) is 6.54 Å². The lowest BCUT2D eigenvalue weighted by Crippen LogP contribution is -2.19. The third kappa shape index (κ3) is 4.63. The summed E-state index contributed by atoms with van der Waals surface area (Å²) in [5.74, 6) is 7.23. The predicted octanol–water partition coefficient (Wildman–Crippen LogP) is 5.48. The molecule has 0 fully saturated rings. The van der Waals surface area contributed by atoms with Crippen molar-refractivity contribution in [3.05, 3.63) is 101 Å². The molecule has 4 aromatic rings. The Bertz CT molecular complexity index is 1320. The smallest absolute Gasteiger partial charge is 0.163 e. The van der Waals surface area contributed by atoms with Gasteiger partial charge in [0.1, 0.15) is 5.75 Å². The van der Waals surface area contributed by atoms with Gasteiger partial charge in [-0.2, -0.15) is 0 Å². The zero-order chi connectivity index (χ0) is 22.5. The van der Waals surface area contributed by atoms with Gasteiger partial charge < -0.3 is 9.64 Å². The number of methoxy groups -OCH3 is 1. The van der Waals surface area contributed by atoms with Crippen molar-refractivity contribution in [1.82, 2.24) is 4.98 Å². The summed E-state index contributed by atoms with van der Waals surface area (Å²) in [7, 11) is 3.65. The van der Waals surface area contributed by atoms with E-state index >= 15 is 0 Å². The summed E-state index contributed by atoms with van der Waals surface area (Å²) in [5.41, 5.74) is 5.25. The second kappa shape index (κ2) is 9.36. The summed E-state index contributed by atoms with van der Waals surface area (Å²) in [5, 5.41) is 0.911. The summed E-state index contributed by atoms with van der Waals surface area (Å²) in [6, 6.07) is 23.8. The molecular formula is C28H24N2O2. The van der Waals surface area contributed by atoms with Gasteiger partial charge in [-0.3, -0.25) is 9.78 Å². The second-order valence-corrected chi connectivity index (χ2v) is 7.63. The number of fused-ring (bicyclic) bond motifs is 1. The molecule has 0 atom stereocenters. The van der Waals surface area contributed by atoms with Gasteiger partial charge in [0.05, 0.1) is 23.9 Å². The average molecular weight is 421 g/mol. The fraction of sp³-hybridized carbons (Fsp3) is 0.143. The Morgan fingerprint density at radius 1 is 0.969 bits per heavy atom. The van der Waals surface area contributed by atoms with Gasteiger partial charge in [-0.15, -0.1) is 0 Å². The van der Waals surface area contributed by atoms with Crippen LogP contribution in [0.4, 0.5) is 5.69 Å². The van der Waals surface area contributed by atoms with Crippen molar-refractivity contribution in [1.29, 1.82) is 0 Å². The van der Waals surface area contributed by atoms with Crippen molar-refractivity contribution in [2.75, 3.05) is 19.1 Å². The molecule has 0 radical (unpaired) electrons. The minimum absolute atomic E-state index is 0.0169. The topological polar surface area (TPSA) is 42.4 Å². The molecule has 1 aromatic heterocycles. The first-order valence-electron chi connectivity index (χ1n) is 10.4. The van der Waals surface area contributed by atoms with Gasteiger partial charge >= 0.3 is 0 Å². The number of carbonyl (C=O) groups excluding carboxylic acids is 1. The standard InChI is InChI=1S/C28H24N2O2/c1-20(31)26-18-29-27-16-13-22(10-9-21-7-5-4-6-8-21)17-25(27)28(26)30(2)19-23-11-14-24(32-3)15-12-23/h4-8,11-18H,19H2,1-3H3. The number of Topliss-reactive ketones (excluding diaryl/α,β-unsaturated/α-hetero) is 1. The number of carbonyl (C=O) groups is 1. The molecule has 1 heterocycles. The van der Waals surface area contributed by atoms with Crippen LogP contribution in [0.5, 0.6) is 5.75 Å². The molecule has 0 unspecified atom stereocenters. The third-order valence-corrected chi connectivity index (χ3v) is 5.30. The molecule has 4 nitrogen and oxygen atoms in total. The quantitative estimate of drug-likeness (QED) is 0.317. The first kappa shape index (κ1) is 21.1. The minimum atomic E-state index is -0.0169. The van der Waals surface area contributed by atoms with E-state index in [0.717, 1.165) is 39.0 Å². The maximum absolute atomic E-state index is 12.4. The highest BCUT2D eigenvalue weighted by Gasteiger charge is 2.17. The Morgan fingerprint density at radius 2 is 1.69 bits per heavy atom. The maximum atomic E-state index is 12.4. The highest BCUT2D eigenvalue weighted by Crippen LogP contribution is 2.31. The SMILES string of the molecule is COc1ccc(CN(C)c2c(C(C)=O)cnc3ccc(C#Cc4ccccc4)cc23)cc1. The first-order chi connectivity index (χ1) is 15.5. The predicted molar refractivity (Wildman–Crippen MR) is 129 cm³/mol. The summed E-state index contributed by atoms with van der Waals surface area (Å²) in [6.45, 7) is 2.22. The Hall–Kier alpha value is -4.10. The van der Waals surface area contributed by atoms with E-state index in [1.807, 2.05) is 79.8 Å². The zero-order valence-corrected chi connectivity index (χ0v) is 18.4. The first-order valence-corrected chi connectivity index (χ1v) is 10.4. The molecule has 4 heteroatoms. The molecule has 3 aromatic carbocycles. The van der Waals surface area contributed by atoms with Crippen molar-refractivity contribution < 1.29 is 9.53 Å². The number of ether oxygens (including phenoxy) is 1. The normalized spacial score (nSPS) is 10.3. The summed E-state index contributed by atoms with van der Waals surface area (Å²) >= 11 is 0. The van der Waals surface area contributed by atoms with Crippen molar-refractivity contribution in [3.8, 4) is 17.6 Å². The Kier molecular flexibility index (Phi) is 6.19. The lowest BCUT2D eigenvalue weighted by molar-refractivity contribution is 0.101. The van der Waals surface area contributed by atoms with E-state index in [-0.39, 0.29) is 5.78 Å². The van der Waals surface area contributed by atoms with E-state index in [2.05, 4.69) is 21.7 Å². The van der Waals surface area contributed by atoms with Crippen LogP contribution in [0.1, 0.15) is 34.0 Å². The van der Waals surface area contributed by atoms with E-state index in [0.29, 0.717) is 12.1 Å². The van der Waals surface area contributed by atoms with E-state index in [4.69, 9.17) is 4.74 Å². The van der Waals surface area contributed by atoms with Gasteiger partial charge in [-0.05, 0) is 55.0 Å². The molecule has 0 aliphatic rings. The van der Waals surface area contributed by atoms with Crippen LogP contribution in [0.15, 0.2) is 79.0 Å². The molecule has 0 amide bonds. The van der Waals surface area contributed by atoms with E-state index in [9.17, 15) is 4.79 Å². The number of benzene rings is 3. The van der Waals surface area contributed by atoms with Gasteiger partial charge in [0.15, 0.2) is 5.78 Å². The lowest BCUT2D eigenvalue weighted by Gasteiger charge is -2.24. The second-order valence-electron chi connectivity index (χ2n) is 7.63. The Morgan fingerprint density at radius 3 is 2.38 bits per heavy atom. The molecule has 0 saturated carbocycles. The number of pyridine rings is 1. The monoisotopic (exact) mass is 420 g/mol. The number of anilines is 1. The highest BCUT2D eigenvalue weighted by atomic mass is 16.5. The molecule has 0 aliphatic heterocycles. The number of hydrogen-bond donors (Lipinski definition) is 0. The zero-order valence-electron chi connectivity index (χ0n) is 18.4.